The van der Waals surface area contributed by atoms with Crippen molar-refractivity contribution in [1.29, 1.82) is 0 Å². The molecule has 80 valence electrons. The van der Waals surface area contributed by atoms with Gasteiger partial charge in [0.15, 0.2) is 0 Å². The molecule has 5 unspecified atom stereocenters. The van der Waals surface area contributed by atoms with E-state index in [4.69, 9.17) is 0 Å². The van der Waals surface area contributed by atoms with Gasteiger partial charge in [-0.15, -0.1) is 0 Å². The van der Waals surface area contributed by atoms with Crippen LogP contribution >= 0.6 is 0 Å². The van der Waals surface area contributed by atoms with Crippen LogP contribution in [0, 0.1) is 41.4 Å². The van der Waals surface area contributed by atoms with E-state index in [0.717, 1.165) is 0 Å². The molecule has 0 aromatic carbocycles. The summed E-state index contributed by atoms with van der Waals surface area (Å²) in [6.45, 7) is 8.89. The summed E-state index contributed by atoms with van der Waals surface area (Å²) < 4.78 is 0. The Bertz CT molecular complexity index is 261. The van der Waals surface area contributed by atoms with Gasteiger partial charge in [-0.3, -0.25) is 4.79 Å². The summed E-state index contributed by atoms with van der Waals surface area (Å²) in [7, 11) is 0. The van der Waals surface area contributed by atoms with E-state index < -0.39 is 5.97 Å². The lowest BCUT2D eigenvalue weighted by atomic mass is 9.70. The molecule has 2 bridgehead atoms. The van der Waals surface area contributed by atoms with Crippen molar-refractivity contribution in [2.24, 2.45) is 41.4 Å². The number of rotatable bonds is 1. The fourth-order valence-corrected chi connectivity index (χ4v) is 4.51. The largest absolute Gasteiger partial charge is 0.481 e. The quantitative estimate of drug-likeness (QED) is 0.699. The highest BCUT2D eigenvalue weighted by Gasteiger charge is 2.59. The molecule has 0 aliphatic heterocycles. The summed E-state index contributed by atoms with van der Waals surface area (Å²) in [6.07, 6.45) is 0. The summed E-state index contributed by atoms with van der Waals surface area (Å²) in [6, 6.07) is 0. The molecule has 2 heteroatoms. The smallest absolute Gasteiger partial charge is 0.307 e. The first-order valence-electron chi connectivity index (χ1n) is 5.69. The molecule has 0 spiro atoms. The fraction of sp³-hybridized carbons (Fsp3) is 0.917. The van der Waals surface area contributed by atoms with E-state index in [0.29, 0.717) is 35.5 Å². The minimum Gasteiger partial charge on any atom is -0.481 e. The number of hydrogen-bond donors (Lipinski definition) is 1. The summed E-state index contributed by atoms with van der Waals surface area (Å²) >= 11 is 0. The van der Waals surface area contributed by atoms with Crippen molar-refractivity contribution in [2.75, 3.05) is 0 Å². The van der Waals surface area contributed by atoms with Crippen LogP contribution < -0.4 is 0 Å². The average Bonchev–Trinajstić information content (AvgIpc) is 2.44. The molecule has 7 atom stereocenters. The zero-order chi connectivity index (χ0) is 10.6. The maximum Gasteiger partial charge on any atom is 0.307 e. The van der Waals surface area contributed by atoms with Crippen LogP contribution in [0.3, 0.4) is 0 Å². The second-order valence-electron chi connectivity index (χ2n) is 5.46. The zero-order valence-corrected chi connectivity index (χ0v) is 9.40. The Hall–Kier alpha value is -0.530. The van der Waals surface area contributed by atoms with E-state index in [1.165, 1.54) is 0 Å². The minimum absolute atomic E-state index is 0.0822. The van der Waals surface area contributed by atoms with Crippen molar-refractivity contribution < 1.29 is 9.90 Å². The Labute approximate surface area is 85.7 Å². The van der Waals surface area contributed by atoms with E-state index >= 15 is 0 Å². The van der Waals surface area contributed by atoms with Crippen molar-refractivity contribution >= 4 is 5.97 Å². The SMILES string of the molecule is CC1C(C)C2C(C)C1[C@@H](C(=O)O)[C@H]2C. The molecule has 0 aromatic rings. The van der Waals surface area contributed by atoms with Crippen LogP contribution in [0.15, 0.2) is 0 Å². The maximum atomic E-state index is 11.2. The summed E-state index contributed by atoms with van der Waals surface area (Å²) in [4.78, 5) is 11.2. The Kier molecular flexibility index (Phi) is 2.13. The van der Waals surface area contributed by atoms with Crippen molar-refractivity contribution in [1.82, 2.24) is 0 Å². The third-order valence-electron chi connectivity index (χ3n) is 5.13. The molecule has 2 aliphatic carbocycles. The van der Waals surface area contributed by atoms with Gasteiger partial charge in [-0.1, -0.05) is 27.7 Å². The molecule has 2 nitrogen and oxygen atoms in total. The molecule has 14 heavy (non-hydrogen) atoms. The third kappa shape index (κ3) is 0.999. The van der Waals surface area contributed by atoms with E-state index in [-0.39, 0.29) is 5.92 Å². The molecule has 2 fully saturated rings. The topological polar surface area (TPSA) is 37.3 Å². The Morgan fingerprint density at radius 2 is 1.36 bits per heavy atom. The standard InChI is InChI=1S/C12H20O2/c1-5-6(2)10-7(3)9(5)8(4)11(10)12(13)14/h5-11H,1-4H3,(H,13,14)/t5?,6?,7?,8-,9?,10?,11-/m0/s1. The first-order valence-corrected chi connectivity index (χ1v) is 5.69. The predicted octanol–water partition coefficient (Wildman–Crippen LogP) is 2.49. The Morgan fingerprint density at radius 1 is 0.857 bits per heavy atom. The van der Waals surface area contributed by atoms with Gasteiger partial charge in [0.1, 0.15) is 0 Å². The summed E-state index contributed by atoms with van der Waals surface area (Å²) in [5.74, 6) is 2.68. The van der Waals surface area contributed by atoms with Gasteiger partial charge in [-0.2, -0.15) is 0 Å². The van der Waals surface area contributed by atoms with Gasteiger partial charge in [0.25, 0.3) is 0 Å². The van der Waals surface area contributed by atoms with Crippen molar-refractivity contribution in [3.63, 3.8) is 0 Å². The lowest BCUT2D eigenvalue weighted by Crippen LogP contribution is -2.35. The Balaban J connectivity index is 2.32. The lowest BCUT2D eigenvalue weighted by molar-refractivity contribution is -0.146. The van der Waals surface area contributed by atoms with Crippen LogP contribution in [0.1, 0.15) is 27.7 Å². The average molecular weight is 196 g/mol. The Morgan fingerprint density at radius 3 is 1.79 bits per heavy atom. The van der Waals surface area contributed by atoms with Gasteiger partial charge in [-0.05, 0) is 35.5 Å². The van der Waals surface area contributed by atoms with Crippen LogP contribution in [0.4, 0.5) is 0 Å². The van der Waals surface area contributed by atoms with Crippen LogP contribution in [-0.4, -0.2) is 11.1 Å². The van der Waals surface area contributed by atoms with Crippen molar-refractivity contribution in [3.05, 3.63) is 0 Å². The van der Waals surface area contributed by atoms with Gasteiger partial charge < -0.3 is 5.11 Å². The monoisotopic (exact) mass is 196 g/mol. The lowest BCUT2D eigenvalue weighted by Gasteiger charge is -2.34. The molecule has 2 saturated carbocycles. The van der Waals surface area contributed by atoms with Crippen molar-refractivity contribution in [3.8, 4) is 0 Å². The summed E-state index contributed by atoms with van der Waals surface area (Å²) in [5, 5.41) is 9.23. The first kappa shape index (κ1) is 10.0. The number of hydrogen-bond acceptors (Lipinski definition) is 1. The van der Waals surface area contributed by atoms with Gasteiger partial charge >= 0.3 is 5.97 Å². The van der Waals surface area contributed by atoms with Gasteiger partial charge in [0, 0.05) is 0 Å². The van der Waals surface area contributed by atoms with E-state index in [1.54, 1.807) is 0 Å². The molecule has 2 aliphatic rings. The molecular formula is C12H20O2. The fourth-order valence-electron chi connectivity index (χ4n) is 4.51. The number of carboxylic acids is 1. The molecule has 0 aromatic heterocycles. The van der Waals surface area contributed by atoms with E-state index in [9.17, 15) is 9.90 Å². The zero-order valence-electron chi connectivity index (χ0n) is 9.40. The molecule has 0 amide bonds. The van der Waals surface area contributed by atoms with Crippen LogP contribution in [-0.2, 0) is 4.79 Å². The summed E-state index contributed by atoms with van der Waals surface area (Å²) in [5.41, 5.74) is 0. The molecule has 2 rings (SSSR count). The number of carboxylic acid groups (broad SMARTS) is 1. The van der Waals surface area contributed by atoms with Crippen molar-refractivity contribution in [2.45, 2.75) is 27.7 Å². The van der Waals surface area contributed by atoms with Crippen LogP contribution in [0.2, 0.25) is 0 Å². The first-order chi connectivity index (χ1) is 6.46. The van der Waals surface area contributed by atoms with Gasteiger partial charge in [-0.25, -0.2) is 0 Å². The highest BCUT2D eigenvalue weighted by Crippen LogP contribution is 2.61. The molecule has 0 saturated heterocycles. The predicted molar refractivity (Wildman–Crippen MR) is 54.8 cm³/mol. The number of carbonyl (C=O) groups is 1. The number of aliphatic carboxylic acids is 1. The van der Waals surface area contributed by atoms with E-state index in [2.05, 4.69) is 27.7 Å². The minimum atomic E-state index is -0.574. The molecule has 0 radical (unpaired) electrons. The second kappa shape index (κ2) is 2.98. The number of fused-ring (bicyclic) bond motifs is 2. The van der Waals surface area contributed by atoms with Crippen LogP contribution in [0.25, 0.3) is 0 Å². The van der Waals surface area contributed by atoms with Gasteiger partial charge in [0.05, 0.1) is 5.92 Å². The molecule has 1 N–H and O–H groups in total. The highest BCUT2D eigenvalue weighted by atomic mass is 16.4. The second-order valence-corrected chi connectivity index (χ2v) is 5.46. The van der Waals surface area contributed by atoms with E-state index in [1.807, 2.05) is 0 Å². The normalized spacial score (nSPS) is 56.4. The molecular weight excluding hydrogens is 176 g/mol. The van der Waals surface area contributed by atoms with Gasteiger partial charge in [0.2, 0.25) is 0 Å². The highest BCUT2D eigenvalue weighted by molar-refractivity contribution is 5.71. The third-order valence-corrected chi connectivity index (χ3v) is 5.13. The van der Waals surface area contributed by atoms with Crippen LogP contribution in [0.5, 0.6) is 0 Å². The maximum absolute atomic E-state index is 11.2. The molecule has 0 heterocycles.